The lowest BCUT2D eigenvalue weighted by Gasteiger charge is -2.25. The van der Waals surface area contributed by atoms with E-state index < -0.39 is 0 Å². The average Bonchev–Trinajstić information content (AvgIpc) is 2.38. The van der Waals surface area contributed by atoms with Gasteiger partial charge in [-0.1, -0.05) is 11.8 Å². The van der Waals surface area contributed by atoms with Crippen LogP contribution < -0.4 is 10.2 Å². The standard InChI is InChI=1S/C12H22N4OS/c1-6-13-10-7-11(15-12(14-10)18-5)16(3)9(2)8-17-4/h7,9H,6,8H2,1-5H3,(H,13,14,15). The molecule has 0 aliphatic rings. The highest BCUT2D eigenvalue weighted by molar-refractivity contribution is 7.98. The minimum atomic E-state index is 0.272. The molecule has 0 aliphatic carbocycles. The third kappa shape index (κ3) is 4.03. The molecule has 18 heavy (non-hydrogen) atoms. The molecule has 1 aromatic heterocycles. The Hall–Kier alpha value is -1.01. The maximum absolute atomic E-state index is 5.17. The van der Waals surface area contributed by atoms with Gasteiger partial charge in [0.2, 0.25) is 0 Å². The van der Waals surface area contributed by atoms with Crippen molar-refractivity contribution in [3.05, 3.63) is 6.07 Å². The highest BCUT2D eigenvalue weighted by Crippen LogP contribution is 2.20. The largest absolute Gasteiger partial charge is 0.383 e. The highest BCUT2D eigenvalue weighted by atomic mass is 32.2. The number of ether oxygens (including phenoxy) is 1. The number of aromatic nitrogens is 2. The van der Waals surface area contributed by atoms with E-state index in [0.717, 1.165) is 23.3 Å². The van der Waals surface area contributed by atoms with Crippen LogP contribution in [0, 0.1) is 0 Å². The minimum Gasteiger partial charge on any atom is -0.383 e. The van der Waals surface area contributed by atoms with Crippen molar-refractivity contribution in [2.75, 3.05) is 43.8 Å². The first kappa shape index (κ1) is 15.0. The topological polar surface area (TPSA) is 50.3 Å². The van der Waals surface area contributed by atoms with Gasteiger partial charge >= 0.3 is 0 Å². The quantitative estimate of drug-likeness (QED) is 0.605. The van der Waals surface area contributed by atoms with Crippen LogP contribution in [0.3, 0.4) is 0 Å². The Morgan fingerprint density at radius 2 is 2.22 bits per heavy atom. The molecule has 5 nitrogen and oxygen atoms in total. The molecule has 0 saturated heterocycles. The van der Waals surface area contributed by atoms with Crippen LogP contribution in [0.1, 0.15) is 13.8 Å². The summed E-state index contributed by atoms with van der Waals surface area (Å²) in [5.41, 5.74) is 0. The van der Waals surface area contributed by atoms with Crippen LogP contribution in [0.2, 0.25) is 0 Å². The lowest BCUT2D eigenvalue weighted by molar-refractivity contribution is 0.183. The molecule has 0 bridgehead atoms. The van der Waals surface area contributed by atoms with Gasteiger partial charge in [0.05, 0.1) is 12.6 Å². The van der Waals surface area contributed by atoms with Gasteiger partial charge in [0.15, 0.2) is 5.16 Å². The fraction of sp³-hybridized carbons (Fsp3) is 0.667. The van der Waals surface area contributed by atoms with Crippen LogP contribution >= 0.6 is 11.8 Å². The zero-order chi connectivity index (χ0) is 13.5. The summed E-state index contributed by atoms with van der Waals surface area (Å²) in [5, 5.41) is 4.00. The Kier molecular flexibility index (Phi) is 6.21. The average molecular weight is 270 g/mol. The van der Waals surface area contributed by atoms with Crippen molar-refractivity contribution in [1.29, 1.82) is 0 Å². The number of nitrogens with zero attached hydrogens (tertiary/aromatic N) is 3. The van der Waals surface area contributed by atoms with E-state index in [1.54, 1.807) is 18.9 Å². The summed E-state index contributed by atoms with van der Waals surface area (Å²) in [4.78, 5) is 11.0. The molecular weight excluding hydrogens is 248 g/mol. The molecule has 0 fully saturated rings. The maximum Gasteiger partial charge on any atom is 0.191 e. The number of hydrogen-bond donors (Lipinski definition) is 1. The van der Waals surface area contributed by atoms with Crippen LogP contribution in [0.5, 0.6) is 0 Å². The van der Waals surface area contributed by atoms with Crippen molar-refractivity contribution in [2.45, 2.75) is 25.0 Å². The molecule has 0 saturated carbocycles. The number of hydrogen-bond acceptors (Lipinski definition) is 6. The molecule has 1 rings (SSSR count). The van der Waals surface area contributed by atoms with E-state index in [4.69, 9.17) is 4.74 Å². The van der Waals surface area contributed by atoms with E-state index in [9.17, 15) is 0 Å². The first-order valence-electron chi connectivity index (χ1n) is 6.01. The Morgan fingerprint density at radius 1 is 1.50 bits per heavy atom. The van der Waals surface area contributed by atoms with E-state index >= 15 is 0 Å². The highest BCUT2D eigenvalue weighted by Gasteiger charge is 2.13. The molecule has 0 aliphatic heterocycles. The summed E-state index contributed by atoms with van der Waals surface area (Å²) in [6, 6.07) is 2.24. The number of rotatable bonds is 7. The summed E-state index contributed by atoms with van der Waals surface area (Å²) in [5.74, 6) is 1.78. The van der Waals surface area contributed by atoms with Crippen molar-refractivity contribution >= 4 is 23.4 Å². The second kappa shape index (κ2) is 7.43. The third-order valence-electron chi connectivity index (χ3n) is 2.66. The zero-order valence-electron chi connectivity index (χ0n) is 11.7. The maximum atomic E-state index is 5.17. The van der Waals surface area contributed by atoms with Crippen LogP contribution in [0.4, 0.5) is 11.6 Å². The van der Waals surface area contributed by atoms with Gasteiger partial charge in [-0.05, 0) is 20.1 Å². The van der Waals surface area contributed by atoms with Crippen LogP contribution in [0.25, 0.3) is 0 Å². The van der Waals surface area contributed by atoms with E-state index in [1.165, 1.54) is 0 Å². The molecule has 0 radical (unpaired) electrons. The second-order valence-corrected chi connectivity index (χ2v) is 4.82. The first-order valence-corrected chi connectivity index (χ1v) is 7.23. The fourth-order valence-electron chi connectivity index (χ4n) is 1.54. The van der Waals surface area contributed by atoms with Gasteiger partial charge < -0.3 is 15.0 Å². The lowest BCUT2D eigenvalue weighted by Crippen LogP contribution is -2.33. The Labute approximate surface area is 113 Å². The van der Waals surface area contributed by atoms with Crippen molar-refractivity contribution < 1.29 is 4.74 Å². The van der Waals surface area contributed by atoms with E-state index in [1.807, 2.05) is 19.4 Å². The zero-order valence-corrected chi connectivity index (χ0v) is 12.5. The number of anilines is 2. The third-order valence-corrected chi connectivity index (χ3v) is 3.21. The van der Waals surface area contributed by atoms with E-state index in [2.05, 4.69) is 34.0 Å². The predicted octanol–water partition coefficient (Wildman–Crippen LogP) is 2.10. The van der Waals surface area contributed by atoms with Crippen molar-refractivity contribution in [3.63, 3.8) is 0 Å². The summed E-state index contributed by atoms with van der Waals surface area (Å²) in [6.45, 7) is 5.68. The molecule has 1 heterocycles. The van der Waals surface area contributed by atoms with Gasteiger partial charge in [0.25, 0.3) is 0 Å². The van der Waals surface area contributed by atoms with Gasteiger partial charge in [-0.15, -0.1) is 0 Å². The molecule has 6 heteroatoms. The van der Waals surface area contributed by atoms with Crippen molar-refractivity contribution in [2.24, 2.45) is 0 Å². The van der Waals surface area contributed by atoms with Gasteiger partial charge in [-0.3, -0.25) is 0 Å². The normalized spacial score (nSPS) is 12.3. The number of thioether (sulfide) groups is 1. The number of nitrogens with one attached hydrogen (secondary N) is 1. The molecule has 1 N–H and O–H groups in total. The first-order chi connectivity index (χ1) is 8.62. The number of likely N-dealkylation sites (N-methyl/N-ethyl adjacent to an activating group) is 1. The molecular formula is C12H22N4OS. The Balaban J connectivity index is 2.95. The fourth-order valence-corrected chi connectivity index (χ4v) is 1.91. The summed E-state index contributed by atoms with van der Waals surface area (Å²) in [7, 11) is 3.73. The Morgan fingerprint density at radius 3 is 2.78 bits per heavy atom. The lowest BCUT2D eigenvalue weighted by atomic mass is 10.3. The Bertz CT molecular complexity index is 375. The van der Waals surface area contributed by atoms with Crippen molar-refractivity contribution in [3.8, 4) is 0 Å². The minimum absolute atomic E-state index is 0.272. The monoisotopic (exact) mass is 270 g/mol. The van der Waals surface area contributed by atoms with E-state index in [-0.39, 0.29) is 6.04 Å². The van der Waals surface area contributed by atoms with Gasteiger partial charge in [0, 0.05) is 26.8 Å². The second-order valence-electron chi connectivity index (χ2n) is 4.04. The van der Waals surface area contributed by atoms with Crippen LogP contribution in [-0.2, 0) is 4.74 Å². The predicted molar refractivity (Wildman–Crippen MR) is 77.7 cm³/mol. The summed E-state index contributed by atoms with van der Waals surface area (Å²) >= 11 is 1.55. The molecule has 1 aromatic rings. The van der Waals surface area contributed by atoms with Gasteiger partial charge in [-0.25, -0.2) is 9.97 Å². The van der Waals surface area contributed by atoms with E-state index in [0.29, 0.717) is 6.61 Å². The van der Waals surface area contributed by atoms with Crippen molar-refractivity contribution in [1.82, 2.24) is 9.97 Å². The summed E-state index contributed by atoms with van der Waals surface area (Å²) < 4.78 is 5.17. The van der Waals surface area contributed by atoms with Gasteiger partial charge in [0.1, 0.15) is 11.6 Å². The van der Waals surface area contributed by atoms with Crippen LogP contribution in [0.15, 0.2) is 11.2 Å². The number of methoxy groups -OCH3 is 1. The molecule has 0 spiro atoms. The molecule has 102 valence electrons. The van der Waals surface area contributed by atoms with Crippen LogP contribution in [-0.4, -0.2) is 49.6 Å². The molecule has 1 unspecified atom stereocenters. The smallest absolute Gasteiger partial charge is 0.191 e. The van der Waals surface area contributed by atoms with Gasteiger partial charge in [-0.2, -0.15) is 0 Å². The molecule has 1 atom stereocenters. The SMILES string of the molecule is CCNc1cc(N(C)C(C)COC)nc(SC)n1. The molecule has 0 aromatic carbocycles. The molecule has 0 amide bonds. The summed E-state index contributed by atoms with van der Waals surface area (Å²) in [6.07, 6.45) is 1.98.